The zero-order valence-corrected chi connectivity index (χ0v) is 27.1. The van der Waals surface area contributed by atoms with Crippen LogP contribution in [0.15, 0.2) is 58.6 Å². The van der Waals surface area contributed by atoms with Crippen LogP contribution in [0.5, 0.6) is 0 Å². The number of fused-ring (bicyclic) bond motifs is 2. The van der Waals surface area contributed by atoms with Crippen molar-refractivity contribution in [2.45, 2.75) is 27.7 Å². The number of aromatic nitrogens is 4. The summed E-state index contributed by atoms with van der Waals surface area (Å²) in [6.07, 6.45) is 1.95. The average Bonchev–Trinajstić information content (AvgIpc) is 3.83. The Morgan fingerprint density at radius 1 is 0.545 bits per heavy atom. The molecule has 1 aliphatic rings. The maximum absolute atomic E-state index is 9.88. The fourth-order valence-electron chi connectivity index (χ4n) is 4.99. The van der Waals surface area contributed by atoms with Gasteiger partial charge >= 0.3 is 0 Å². The van der Waals surface area contributed by atoms with Gasteiger partial charge in [-0.1, -0.05) is 0 Å². The zero-order chi connectivity index (χ0) is 30.5. The molecule has 0 N–H and O–H groups in total. The van der Waals surface area contributed by atoms with Gasteiger partial charge in [-0.05, 0) is 76.2 Å². The van der Waals surface area contributed by atoms with Gasteiger partial charge in [-0.25, -0.2) is 19.9 Å². The predicted molar refractivity (Wildman–Crippen MR) is 180 cm³/mol. The van der Waals surface area contributed by atoms with Gasteiger partial charge < -0.3 is 0 Å². The number of thiophene rings is 4. The Bertz CT molecular complexity index is 1970. The maximum Gasteiger partial charge on any atom is 0.206 e. The van der Waals surface area contributed by atoms with Crippen molar-refractivity contribution < 1.29 is 0 Å². The van der Waals surface area contributed by atoms with Gasteiger partial charge in [0, 0.05) is 19.5 Å². The van der Waals surface area contributed by atoms with Gasteiger partial charge in [-0.2, -0.15) is 16.8 Å². The summed E-state index contributed by atoms with van der Waals surface area (Å²) in [7, 11) is 0. The summed E-state index contributed by atoms with van der Waals surface area (Å²) < 4.78 is 0. The summed E-state index contributed by atoms with van der Waals surface area (Å²) in [5, 5.41) is 14.1. The Morgan fingerprint density at radius 2 is 0.864 bits per heavy atom. The molecule has 8 nitrogen and oxygen atoms in total. The highest BCUT2D eigenvalue weighted by Gasteiger charge is 2.37. The molecule has 0 aliphatic heterocycles. The lowest BCUT2D eigenvalue weighted by Gasteiger charge is -2.21. The van der Waals surface area contributed by atoms with E-state index in [9.17, 15) is 5.26 Å². The first-order chi connectivity index (χ1) is 21.3. The van der Waals surface area contributed by atoms with E-state index in [2.05, 4.69) is 15.0 Å². The molecule has 6 aromatic heterocycles. The quantitative estimate of drug-likeness (QED) is 0.108. The van der Waals surface area contributed by atoms with Crippen LogP contribution in [-0.2, 0) is 0 Å². The lowest BCUT2D eigenvalue weighted by Crippen LogP contribution is -2.28. The lowest BCUT2D eigenvalue weighted by molar-refractivity contribution is 1.10. The molecule has 0 aromatic carbocycles. The molecule has 0 saturated heterocycles. The highest BCUT2D eigenvalue weighted by atomic mass is 32.1. The summed E-state index contributed by atoms with van der Waals surface area (Å²) in [6, 6.07) is 16.3. The van der Waals surface area contributed by atoms with Crippen LogP contribution in [0, 0.1) is 45.7 Å². The topological polar surface area (TPSA) is 104 Å². The van der Waals surface area contributed by atoms with Gasteiger partial charge in [0.25, 0.3) is 0 Å². The summed E-state index contributed by atoms with van der Waals surface area (Å²) >= 11 is 6.46. The van der Waals surface area contributed by atoms with Crippen molar-refractivity contribution in [3.63, 3.8) is 0 Å². The first-order valence-electron chi connectivity index (χ1n) is 13.4. The molecule has 6 aromatic rings. The smallest absolute Gasteiger partial charge is 0.206 e. The Kier molecular flexibility index (Phi) is 7.07. The van der Waals surface area contributed by atoms with E-state index in [0.29, 0.717) is 45.6 Å². The van der Waals surface area contributed by atoms with Crippen molar-refractivity contribution in [2.24, 2.45) is 10.1 Å². The summed E-state index contributed by atoms with van der Waals surface area (Å²) in [4.78, 5) is 36.5. The monoisotopic (exact) mass is 644 g/mol. The summed E-state index contributed by atoms with van der Waals surface area (Å²) in [5.41, 5.74) is 4.61. The van der Waals surface area contributed by atoms with Gasteiger partial charge in [-0.3, -0.25) is 0 Å². The van der Waals surface area contributed by atoms with Crippen molar-refractivity contribution in [1.82, 2.24) is 19.9 Å². The van der Waals surface area contributed by atoms with Crippen LogP contribution < -0.4 is 0 Å². The highest BCUT2D eigenvalue weighted by molar-refractivity contribution is 7.17. The molecule has 12 heteroatoms. The van der Waals surface area contributed by atoms with E-state index >= 15 is 0 Å². The maximum atomic E-state index is 9.88. The van der Waals surface area contributed by atoms with Gasteiger partial charge in [0.1, 0.15) is 51.3 Å². The first kappa shape index (κ1) is 28.1. The second-order valence-corrected chi connectivity index (χ2v) is 15.1. The van der Waals surface area contributed by atoms with E-state index < -0.39 is 0 Å². The number of nitriles is 1. The highest BCUT2D eigenvalue weighted by Crippen LogP contribution is 2.41. The van der Waals surface area contributed by atoms with Crippen molar-refractivity contribution in [2.75, 3.05) is 0 Å². The Labute approximate surface area is 269 Å². The fraction of sp³-hybridized carbons (Fsp3) is 0.125. The van der Waals surface area contributed by atoms with Crippen LogP contribution in [0.25, 0.3) is 47.2 Å². The third-order valence-corrected chi connectivity index (χ3v) is 10.9. The Morgan fingerprint density at radius 3 is 1.11 bits per heavy atom. The molecule has 0 radical (unpaired) electrons. The molecule has 0 fully saturated rings. The van der Waals surface area contributed by atoms with Crippen LogP contribution in [0.3, 0.4) is 0 Å². The number of hydrogen-bond acceptors (Lipinski definition) is 11. The third-order valence-electron chi connectivity index (χ3n) is 6.90. The van der Waals surface area contributed by atoms with Crippen molar-refractivity contribution in [1.29, 1.82) is 5.26 Å². The third kappa shape index (κ3) is 4.78. The Balaban J connectivity index is 1.57. The number of nitrogens with zero attached hydrogens (tertiary/aromatic N) is 8. The van der Waals surface area contributed by atoms with Gasteiger partial charge in [0.15, 0.2) is 0 Å². The normalized spacial score (nSPS) is 12.0. The fourth-order valence-corrected chi connectivity index (χ4v) is 8.42. The van der Waals surface area contributed by atoms with E-state index in [1.54, 1.807) is 45.3 Å². The van der Waals surface area contributed by atoms with E-state index in [4.69, 9.17) is 26.5 Å². The number of aliphatic imine (C=N–C) groups is 1. The molecule has 0 atom stereocenters. The standard InChI is InChI=1S/C32H20N8S4/c1-15-6-10-19(41-15)23-25(21-12-8-17(3)43-21)38-30-28(36-23)27(35-14-33)29-31(32(30)40-34-5)39-26(22-13-9-18(4)44-22)24(37-29)20-11-7-16(2)42-20/h6-13H,1-4H3. The van der Waals surface area contributed by atoms with E-state index in [1.165, 1.54) is 0 Å². The minimum Gasteiger partial charge on any atom is -0.240 e. The molecular formula is C32H20N8S4. The average molecular weight is 645 g/mol. The van der Waals surface area contributed by atoms with Gasteiger partial charge in [0.05, 0.1) is 24.6 Å². The molecule has 0 bridgehead atoms. The molecule has 44 heavy (non-hydrogen) atoms. The largest absolute Gasteiger partial charge is 0.240 e. The van der Waals surface area contributed by atoms with Crippen LogP contribution in [0.2, 0.25) is 0 Å². The number of rotatable bonds is 4. The molecule has 0 amide bonds. The van der Waals surface area contributed by atoms with E-state index in [-0.39, 0.29) is 11.4 Å². The zero-order valence-electron chi connectivity index (χ0n) is 23.8. The SMILES string of the molecule is [C-]#[N+]N=C1c2nc(-c3ccc(C)s3)c(-c3ccc(C)s3)nc2C(=NC#N)c2nc(-c3ccc(C)s3)c(-c3ccc(C)s3)nc21. The molecule has 0 unspecified atom stereocenters. The van der Waals surface area contributed by atoms with Crippen LogP contribution in [0.4, 0.5) is 0 Å². The molecule has 212 valence electrons. The van der Waals surface area contributed by atoms with Crippen LogP contribution in [0.1, 0.15) is 42.3 Å². The second kappa shape index (κ2) is 11.1. The van der Waals surface area contributed by atoms with Crippen LogP contribution in [-0.4, -0.2) is 31.4 Å². The number of hydrogen-bond donors (Lipinski definition) is 0. The molecule has 0 spiro atoms. The van der Waals surface area contributed by atoms with Crippen molar-refractivity contribution in [3.05, 3.63) is 102 Å². The predicted octanol–water partition coefficient (Wildman–Crippen LogP) is 8.72. The number of aryl methyl sites for hydroxylation is 4. The van der Waals surface area contributed by atoms with E-state index in [0.717, 1.165) is 39.0 Å². The molecular weight excluding hydrogens is 625 g/mol. The lowest BCUT2D eigenvalue weighted by atomic mass is 9.94. The minimum atomic E-state index is 0.258. The van der Waals surface area contributed by atoms with Crippen molar-refractivity contribution >= 4 is 56.8 Å². The van der Waals surface area contributed by atoms with Crippen LogP contribution >= 0.6 is 45.3 Å². The summed E-state index contributed by atoms with van der Waals surface area (Å²) in [5.74, 6) is 0. The molecule has 0 saturated carbocycles. The molecule has 7 rings (SSSR count). The van der Waals surface area contributed by atoms with E-state index in [1.807, 2.05) is 82.4 Å². The second-order valence-electron chi connectivity index (χ2n) is 9.99. The van der Waals surface area contributed by atoms with Gasteiger partial charge in [0.2, 0.25) is 11.9 Å². The van der Waals surface area contributed by atoms with Crippen molar-refractivity contribution in [3.8, 4) is 48.5 Å². The summed E-state index contributed by atoms with van der Waals surface area (Å²) in [6.45, 7) is 15.9. The minimum absolute atomic E-state index is 0.258. The first-order valence-corrected chi connectivity index (χ1v) is 16.6. The molecule has 1 aliphatic carbocycles. The van der Waals surface area contributed by atoms with Gasteiger partial charge in [-0.15, -0.1) is 50.3 Å². The Hall–Kier alpha value is -4.72. The molecule has 6 heterocycles.